The Hall–Kier alpha value is -1.24. The van der Waals surface area contributed by atoms with Crippen LogP contribution in [-0.2, 0) is 14.4 Å². The Bertz CT molecular complexity index is 436. The summed E-state index contributed by atoms with van der Waals surface area (Å²) in [5.74, 6) is 1.21. The van der Waals surface area contributed by atoms with Crippen molar-refractivity contribution in [3.63, 3.8) is 0 Å². The molecule has 2 heterocycles. The van der Waals surface area contributed by atoms with Gasteiger partial charge >= 0.3 is 0 Å². The van der Waals surface area contributed by atoms with Gasteiger partial charge in [0.2, 0.25) is 17.7 Å². The normalized spacial score (nSPS) is 21.9. The molecule has 6 nitrogen and oxygen atoms in total. The second kappa shape index (κ2) is 9.15. The van der Waals surface area contributed by atoms with Crippen LogP contribution in [0.4, 0.5) is 0 Å². The molecule has 0 aliphatic carbocycles. The Labute approximate surface area is 142 Å². The quantitative estimate of drug-likeness (QED) is 0.816. The van der Waals surface area contributed by atoms with E-state index in [0.717, 1.165) is 25.9 Å². The van der Waals surface area contributed by atoms with Gasteiger partial charge in [-0.15, -0.1) is 11.8 Å². The van der Waals surface area contributed by atoms with E-state index in [-0.39, 0.29) is 23.8 Å². The molecule has 2 saturated heterocycles. The van der Waals surface area contributed by atoms with E-state index in [4.69, 9.17) is 0 Å². The van der Waals surface area contributed by atoms with Crippen molar-refractivity contribution in [3.8, 4) is 0 Å². The van der Waals surface area contributed by atoms with Crippen molar-refractivity contribution in [3.05, 3.63) is 0 Å². The lowest BCUT2D eigenvalue weighted by Gasteiger charge is -2.23. The highest BCUT2D eigenvalue weighted by Gasteiger charge is 2.33. The van der Waals surface area contributed by atoms with Crippen LogP contribution in [0.2, 0.25) is 0 Å². The Balaban J connectivity index is 1.73. The van der Waals surface area contributed by atoms with Crippen LogP contribution in [0.1, 0.15) is 45.4 Å². The lowest BCUT2D eigenvalue weighted by molar-refractivity contribution is -0.138. The van der Waals surface area contributed by atoms with E-state index >= 15 is 0 Å². The summed E-state index contributed by atoms with van der Waals surface area (Å²) in [5, 5.41) is 2.83. The van der Waals surface area contributed by atoms with Gasteiger partial charge in [-0.3, -0.25) is 14.4 Å². The first-order valence-electron chi connectivity index (χ1n) is 8.56. The second-order valence-electron chi connectivity index (χ2n) is 6.07. The summed E-state index contributed by atoms with van der Waals surface area (Å²) in [6.45, 7) is 3.83. The van der Waals surface area contributed by atoms with E-state index in [1.165, 1.54) is 12.8 Å². The Morgan fingerprint density at radius 3 is 2.43 bits per heavy atom. The Morgan fingerprint density at radius 2 is 1.78 bits per heavy atom. The molecule has 0 aromatic rings. The van der Waals surface area contributed by atoms with E-state index in [2.05, 4.69) is 5.32 Å². The van der Waals surface area contributed by atoms with Crippen molar-refractivity contribution in [2.75, 3.05) is 31.3 Å². The zero-order valence-corrected chi connectivity index (χ0v) is 14.7. The van der Waals surface area contributed by atoms with Gasteiger partial charge in [0.25, 0.3) is 0 Å². The molecule has 0 aromatic heterocycles. The van der Waals surface area contributed by atoms with Gasteiger partial charge in [-0.2, -0.15) is 0 Å². The van der Waals surface area contributed by atoms with Crippen LogP contribution in [-0.4, -0.2) is 64.8 Å². The summed E-state index contributed by atoms with van der Waals surface area (Å²) in [6, 6.07) is -0.388. The number of likely N-dealkylation sites (tertiary alicyclic amines) is 1. The molecule has 0 saturated carbocycles. The highest BCUT2D eigenvalue weighted by Crippen LogP contribution is 2.21. The highest BCUT2D eigenvalue weighted by molar-refractivity contribution is 7.99. The molecule has 1 atom stereocenters. The minimum Gasteiger partial charge on any atom is -0.354 e. The number of nitrogens with one attached hydrogen (secondary N) is 1. The lowest BCUT2D eigenvalue weighted by atomic mass is 10.2. The zero-order valence-electron chi connectivity index (χ0n) is 13.9. The summed E-state index contributed by atoms with van der Waals surface area (Å²) in [4.78, 5) is 39.8. The first kappa shape index (κ1) is 18.1. The monoisotopic (exact) mass is 341 g/mol. The van der Waals surface area contributed by atoms with E-state index in [0.29, 0.717) is 31.0 Å². The second-order valence-corrected chi connectivity index (χ2v) is 7.07. The maximum absolute atomic E-state index is 12.2. The summed E-state index contributed by atoms with van der Waals surface area (Å²) >= 11 is 1.60. The summed E-state index contributed by atoms with van der Waals surface area (Å²) in [5.41, 5.74) is 0. The highest BCUT2D eigenvalue weighted by atomic mass is 32.2. The number of hydrogen-bond acceptors (Lipinski definition) is 4. The molecule has 2 fully saturated rings. The topological polar surface area (TPSA) is 69.7 Å². The van der Waals surface area contributed by atoms with Gasteiger partial charge < -0.3 is 15.1 Å². The smallest absolute Gasteiger partial charge is 0.243 e. The van der Waals surface area contributed by atoms with E-state index in [1.54, 1.807) is 23.6 Å². The van der Waals surface area contributed by atoms with Crippen LogP contribution in [0.3, 0.4) is 0 Å². The molecule has 2 aliphatic rings. The fourth-order valence-corrected chi connectivity index (χ4v) is 4.18. The molecule has 23 heavy (non-hydrogen) atoms. The molecule has 0 spiro atoms. The van der Waals surface area contributed by atoms with Crippen molar-refractivity contribution >= 4 is 29.5 Å². The van der Waals surface area contributed by atoms with Crippen molar-refractivity contribution in [1.29, 1.82) is 0 Å². The van der Waals surface area contributed by atoms with Crippen LogP contribution >= 0.6 is 11.8 Å². The fourth-order valence-electron chi connectivity index (χ4n) is 3.00. The zero-order chi connectivity index (χ0) is 16.7. The van der Waals surface area contributed by atoms with Gasteiger partial charge in [-0.1, -0.05) is 19.8 Å². The summed E-state index contributed by atoms with van der Waals surface area (Å²) in [7, 11) is 0. The van der Waals surface area contributed by atoms with Crippen molar-refractivity contribution in [1.82, 2.24) is 15.1 Å². The molecular weight excluding hydrogens is 314 g/mol. The third kappa shape index (κ3) is 5.12. The van der Waals surface area contributed by atoms with Crippen molar-refractivity contribution in [2.24, 2.45) is 0 Å². The number of amides is 3. The van der Waals surface area contributed by atoms with Crippen LogP contribution in [0, 0.1) is 0 Å². The predicted molar refractivity (Wildman–Crippen MR) is 90.9 cm³/mol. The van der Waals surface area contributed by atoms with Crippen LogP contribution < -0.4 is 5.32 Å². The SMILES string of the molecule is CCC(=O)N1CSC[C@@H]1C(=O)NCCC(=O)N1CCCCCC1. The third-order valence-electron chi connectivity index (χ3n) is 4.40. The number of carbonyl (C=O) groups is 3. The third-order valence-corrected chi connectivity index (χ3v) is 5.42. The van der Waals surface area contributed by atoms with Crippen LogP contribution in [0.5, 0.6) is 0 Å². The Morgan fingerprint density at radius 1 is 1.09 bits per heavy atom. The molecule has 0 unspecified atom stereocenters. The maximum atomic E-state index is 12.2. The standard InChI is InChI=1S/C16H27N3O3S/c1-2-14(20)19-12-23-11-13(19)16(22)17-8-7-15(21)18-9-5-3-4-6-10-18/h13H,2-12H2,1H3,(H,17,22)/t13-/m1/s1. The van der Waals surface area contributed by atoms with Gasteiger partial charge in [-0.25, -0.2) is 0 Å². The predicted octanol–water partition coefficient (Wildman–Crippen LogP) is 1.21. The summed E-state index contributed by atoms with van der Waals surface area (Å²) < 4.78 is 0. The van der Waals surface area contributed by atoms with Crippen molar-refractivity contribution < 1.29 is 14.4 Å². The van der Waals surface area contributed by atoms with E-state index in [9.17, 15) is 14.4 Å². The molecule has 0 radical (unpaired) electrons. The molecule has 130 valence electrons. The van der Waals surface area contributed by atoms with Crippen molar-refractivity contribution in [2.45, 2.75) is 51.5 Å². The fraction of sp³-hybridized carbons (Fsp3) is 0.812. The first-order chi connectivity index (χ1) is 11.1. The number of carbonyl (C=O) groups excluding carboxylic acids is 3. The van der Waals surface area contributed by atoms with Gasteiger partial charge in [0.15, 0.2) is 0 Å². The Kier molecular flexibility index (Phi) is 7.20. The largest absolute Gasteiger partial charge is 0.354 e. The summed E-state index contributed by atoms with van der Waals surface area (Å²) in [6.07, 6.45) is 5.30. The maximum Gasteiger partial charge on any atom is 0.243 e. The number of rotatable bonds is 5. The first-order valence-corrected chi connectivity index (χ1v) is 9.71. The average Bonchev–Trinajstić information content (AvgIpc) is 2.89. The molecular formula is C16H27N3O3S. The number of nitrogens with zero attached hydrogens (tertiary/aromatic N) is 2. The minimum atomic E-state index is -0.388. The molecule has 1 N–H and O–H groups in total. The van der Waals surface area contributed by atoms with Gasteiger partial charge in [0.05, 0.1) is 5.88 Å². The average molecular weight is 341 g/mol. The molecule has 0 bridgehead atoms. The molecule has 7 heteroatoms. The van der Waals surface area contributed by atoms with E-state index < -0.39 is 0 Å². The molecule has 2 rings (SSSR count). The number of hydrogen-bond donors (Lipinski definition) is 1. The minimum absolute atomic E-state index is 0.00999. The van der Waals surface area contributed by atoms with Gasteiger partial charge in [0, 0.05) is 38.2 Å². The molecule has 2 aliphatic heterocycles. The van der Waals surface area contributed by atoms with Crippen LogP contribution in [0.15, 0.2) is 0 Å². The molecule has 0 aromatic carbocycles. The molecule has 3 amide bonds. The van der Waals surface area contributed by atoms with Gasteiger partial charge in [0.1, 0.15) is 6.04 Å². The van der Waals surface area contributed by atoms with Crippen LogP contribution in [0.25, 0.3) is 0 Å². The lowest BCUT2D eigenvalue weighted by Crippen LogP contribution is -2.47. The van der Waals surface area contributed by atoms with Gasteiger partial charge in [-0.05, 0) is 12.8 Å². The number of thioether (sulfide) groups is 1. The van der Waals surface area contributed by atoms with E-state index in [1.807, 2.05) is 4.90 Å².